The van der Waals surface area contributed by atoms with E-state index in [4.69, 9.17) is 9.47 Å². The molecule has 0 aromatic heterocycles. The van der Waals surface area contributed by atoms with Gasteiger partial charge in [-0.1, -0.05) is 48.5 Å². The van der Waals surface area contributed by atoms with Crippen LogP contribution in [0.3, 0.4) is 0 Å². The number of hydrogen-bond acceptors (Lipinski definition) is 3. The molecule has 4 nitrogen and oxygen atoms in total. The molecule has 3 rings (SSSR count). The summed E-state index contributed by atoms with van der Waals surface area (Å²) in [5, 5.41) is 4.90. The Kier molecular flexibility index (Phi) is 4.66. The van der Waals surface area contributed by atoms with Crippen molar-refractivity contribution in [1.29, 1.82) is 0 Å². The number of rotatable bonds is 5. The molecule has 0 saturated heterocycles. The van der Waals surface area contributed by atoms with Gasteiger partial charge < -0.3 is 14.8 Å². The van der Waals surface area contributed by atoms with Crippen LogP contribution in [0.15, 0.2) is 66.7 Å². The van der Waals surface area contributed by atoms with Crippen molar-refractivity contribution in [3.8, 4) is 11.5 Å². The van der Waals surface area contributed by atoms with Crippen LogP contribution in [0.1, 0.15) is 6.92 Å². The monoisotopic (exact) mass is 321 g/mol. The van der Waals surface area contributed by atoms with E-state index in [0.29, 0.717) is 17.2 Å². The van der Waals surface area contributed by atoms with Gasteiger partial charge in [-0.25, -0.2) is 0 Å². The fourth-order valence-corrected chi connectivity index (χ4v) is 2.52. The number of benzene rings is 3. The zero-order valence-electron chi connectivity index (χ0n) is 13.7. The summed E-state index contributed by atoms with van der Waals surface area (Å²) in [6, 6.07) is 21.0. The molecule has 1 amide bonds. The number of para-hydroxylation sites is 2. The highest BCUT2D eigenvalue weighted by Crippen LogP contribution is 2.27. The van der Waals surface area contributed by atoms with E-state index in [2.05, 4.69) is 5.32 Å². The summed E-state index contributed by atoms with van der Waals surface area (Å²) in [5.74, 6) is 1.08. The maximum Gasteiger partial charge on any atom is 0.265 e. The van der Waals surface area contributed by atoms with Gasteiger partial charge in [-0.05, 0) is 30.5 Å². The molecule has 24 heavy (non-hydrogen) atoms. The molecule has 0 bridgehead atoms. The number of hydrogen-bond donors (Lipinski definition) is 1. The predicted molar refractivity (Wildman–Crippen MR) is 95.7 cm³/mol. The van der Waals surface area contributed by atoms with Gasteiger partial charge in [-0.3, -0.25) is 4.79 Å². The molecular formula is C20H19NO3. The predicted octanol–water partition coefficient (Wildman–Crippen LogP) is 4.25. The van der Waals surface area contributed by atoms with Crippen LogP contribution in [-0.4, -0.2) is 19.1 Å². The maximum absolute atomic E-state index is 12.4. The Balaban J connectivity index is 1.76. The Morgan fingerprint density at radius 2 is 1.58 bits per heavy atom. The molecule has 0 aliphatic heterocycles. The highest BCUT2D eigenvalue weighted by molar-refractivity contribution is 5.96. The Morgan fingerprint density at radius 3 is 2.42 bits per heavy atom. The highest BCUT2D eigenvalue weighted by atomic mass is 16.5. The molecule has 0 aliphatic carbocycles. The smallest absolute Gasteiger partial charge is 0.265 e. The van der Waals surface area contributed by atoms with Crippen LogP contribution in [0, 0.1) is 0 Å². The third-order valence-corrected chi connectivity index (χ3v) is 3.79. The van der Waals surface area contributed by atoms with E-state index in [0.717, 1.165) is 10.8 Å². The molecule has 0 radical (unpaired) electrons. The minimum Gasteiger partial charge on any atom is -0.495 e. The lowest BCUT2D eigenvalue weighted by atomic mass is 10.1. The van der Waals surface area contributed by atoms with E-state index in [9.17, 15) is 4.79 Å². The van der Waals surface area contributed by atoms with E-state index in [1.54, 1.807) is 26.2 Å². The second kappa shape index (κ2) is 7.04. The summed E-state index contributed by atoms with van der Waals surface area (Å²) in [4.78, 5) is 12.4. The SMILES string of the molecule is COc1ccccc1NC(=O)[C@@H](C)Oc1cccc2ccccc12. The van der Waals surface area contributed by atoms with Gasteiger partial charge in [0.2, 0.25) is 0 Å². The molecule has 122 valence electrons. The molecule has 0 aliphatic rings. The van der Waals surface area contributed by atoms with E-state index in [1.807, 2.05) is 54.6 Å². The number of nitrogens with one attached hydrogen (secondary N) is 1. The first-order valence-electron chi connectivity index (χ1n) is 7.77. The first-order valence-corrected chi connectivity index (χ1v) is 7.77. The van der Waals surface area contributed by atoms with Crippen LogP contribution in [0.5, 0.6) is 11.5 Å². The van der Waals surface area contributed by atoms with E-state index in [-0.39, 0.29) is 5.91 Å². The Bertz CT molecular complexity index is 855. The summed E-state index contributed by atoms with van der Waals surface area (Å²) in [6.07, 6.45) is -0.638. The van der Waals surface area contributed by atoms with Crippen LogP contribution in [0.25, 0.3) is 10.8 Å². The third-order valence-electron chi connectivity index (χ3n) is 3.79. The largest absolute Gasteiger partial charge is 0.495 e. The lowest BCUT2D eigenvalue weighted by molar-refractivity contribution is -0.122. The second-order valence-corrected chi connectivity index (χ2v) is 5.43. The molecule has 4 heteroatoms. The first kappa shape index (κ1) is 15.9. The standard InChI is InChI=1S/C20H19NO3/c1-14(20(22)21-17-11-5-6-12-19(17)23-2)24-18-13-7-9-15-8-3-4-10-16(15)18/h3-14H,1-2H3,(H,21,22)/t14-/m1/s1. The molecule has 1 atom stereocenters. The molecule has 0 fully saturated rings. The van der Waals surface area contributed by atoms with Crippen LogP contribution in [0.2, 0.25) is 0 Å². The lowest BCUT2D eigenvalue weighted by Gasteiger charge is -2.17. The fourth-order valence-electron chi connectivity index (χ4n) is 2.52. The van der Waals surface area contributed by atoms with E-state index < -0.39 is 6.10 Å². The number of carbonyl (C=O) groups is 1. The normalized spacial score (nSPS) is 11.8. The number of methoxy groups -OCH3 is 1. The summed E-state index contributed by atoms with van der Waals surface area (Å²) in [6.45, 7) is 1.73. The van der Waals surface area contributed by atoms with Crippen LogP contribution >= 0.6 is 0 Å². The third kappa shape index (κ3) is 3.33. The molecular weight excluding hydrogens is 302 g/mol. The van der Waals surface area contributed by atoms with Crippen LogP contribution in [0.4, 0.5) is 5.69 Å². The minimum atomic E-state index is -0.638. The van der Waals surface area contributed by atoms with Crippen molar-refractivity contribution in [2.24, 2.45) is 0 Å². The summed E-state index contributed by atoms with van der Waals surface area (Å²) in [5.41, 5.74) is 0.623. The van der Waals surface area contributed by atoms with Crippen molar-refractivity contribution < 1.29 is 14.3 Å². The van der Waals surface area contributed by atoms with Gasteiger partial charge >= 0.3 is 0 Å². The molecule has 0 spiro atoms. The van der Waals surface area contributed by atoms with Gasteiger partial charge in [0.1, 0.15) is 11.5 Å². The molecule has 3 aromatic rings. The number of anilines is 1. The second-order valence-electron chi connectivity index (χ2n) is 5.43. The Hall–Kier alpha value is -3.01. The summed E-state index contributed by atoms with van der Waals surface area (Å²) >= 11 is 0. The van der Waals surface area contributed by atoms with Crippen molar-refractivity contribution >= 4 is 22.4 Å². The number of ether oxygens (including phenoxy) is 2. The van der Waals surface area contributed by atoms with Gasteiger partial charge in [0.25, 0.3) is 5.91 Å². The topological polar surface area (TPSA) is 47.6 Å². The number of amides is 1. The molecule has 1 N–H and O–H groups in total. The average molecular weight is 321 g/mol. The number of carbonyl (C=O) groups excluding carboxylic acids is 1. The van der Waals surface area contributed by atoms with E-state index in [1.165, 1.54) is 0 Å². The van der Waals surface area contributed by atoms with Crippen molar-refractivity contribution in [1.82, 2.24) is 0 Å². The van der Waals surface area contributed by atoms with Crippen LogP contribution in [-0.2, 0) is 4.79 Å². The zero-order valence-corrected chi connectivity index (χ0v) is 13.7. The number of fused-ring (bicyclic) bond motifs is 1. The minimum absolute atomic E-state index is 0.229. The fraction of sp³-hybridized carbons (Fsp3) is 0.150. The average Bonchev–Trinajstić information content (AvgIpc) is 2.62. The Morgan fingerprint density at radius 1 is 0.917 bits per heavy atom. The maximum atomic E-state index is 12.4. The van der Waals surface area contributed by atoms with Gasteiger partial charge in [0.15, 0.2) is 6.10 Å². The van der Waals surface area contributed by atoms with Crippen molar-refractivity contribution in [2.45, 2.75) is 13.0 Å². The molecule has 0 saturated carbocycles. The quantitative estimate of drug-likeness (QED) is 0.764. The summed E-state index contributed by atoms with van der Waals surface area (Å²) in [7, 11) is 1.57. The van der Waals surface area contributed by atoms with Gasteiger partial charge in [0, 0.05) is 5.39 Å². The molecule has 0 heterocycles. The van der Waals surface area contributed by atoms with Gasteiger partial charge in [0.05, 0.1) is 12.8 Å². The molecule has 0 unspecified atom stereocenters. The van der Waals surface area contributed by atoms with Crippen molar-refractivity contribution in [3.05, 3.63) is 66.7 Å². The first-order chi connectivity index (χ1) is 11.7. The van der Waals surface area contributed by atoms with Crippen molar-refractivity contribution in [3.63, 3.8) is 0 Å². The van der Waals surface area contributed by atoms with Gasteiger partial charge in [-0.15, -0.1) is 0 Å². The highest BCUT2D eigenvalue weighted by Gasteiger charge is 2.17. The summed E-state index contributed by atoms with van der Waals surface area (Å²) < 4.78 is 11.1. The molecule has 3 aromatic carbocycles. The lowest BCUT2D eigenvalue weighted by Crippen LogP contribution is -2.30. The van der Waals surface area contributed by atoms with E-state index >= 15 is 0 Å². The van der Waals surface area contributed by atoms with Crippen LogP contribution < -0.4 is 14.8 Å². The Labute approximate surface area is 141 Å². The van der Waals surface area contributed by atoms with Crippen molar-refractivity contribution in [2.75, 3.05) is 12.4 Å². The zero-order chi connectivity index (χ0) is 16.9. The van der Waals surface area contributed by atoms with Gasteiger partial charge in [-0.2, -0.15) is 0 Å².